The minimum atomic E-state index is -0.186. The summed E-state index contributed by atoms with van der Waals surface area (Å²) < 4.78 is 5.31. The van der Waals surface area contributed by atoms with Gasteiger partial charge in [-0.15, -0.1) is 0 Å². The monoisotopic (exact) mass is 308 g/mol. The minimum Gasteiger partial charge on any atom is -0.423 e. The standard InChI is InChI=1S/C15H17BrO2/c16-10-6-2-1-3-8-13-11-12-7-4-5-9-14(12)18-15(13)17/h4-5,7,9,11H,1-3,6,8,10H2. The van der Waals surface area contributed by atoms with Crippen molar-refractivity contribution in [2.24, 2.45) is 0 Å². The van der Waals surface area contributed by atoms with E-state index in [1.54, 1.807) is 0 Å². The van der Waals surface area contributed by atoms with Crippen molar-refractivity contribution >= 4 is 26.9 Å². The lowest BCUT2D eigenvalue weighted by Crippen LogP contribution is -2.06. The Morgan fingerprint density at radius 1 is 1.06 bits per heavy atom. The zero-order valence-electron chi connectivity index (χ0n) is 10.3. The number of aryl methyl sites for hydroxylation is 1. The normalized spacial score (nSPS) is 10.9. The van der Waals surface area contributed by atoms with Crippen molar-refractivity contribution in [2.45, 2.75) is 32.1 Å². The Hall–Kier alpha value is -1.09. The van der Waals surface area contributed by atoms with E-state index in [9.17, 15) is 4.79 Å². The van der Waals surface area contributed by atoms with E-state index in [0.717, 1.165) is 35.5 Å². The zero-order chi connectivity index (χ0) is 12.8. The highest BCUT2D eigenvalue weighted by molar-refractivity contribution is 9.09. The van der Waals surface area contributed by atoms with Crippen LogP contribution in [0.4, 0.5) is 0 Å². The molecule has 0 bridgehead atoms. The fraction of sp³-hybridized carbons (Fsp3) is 0.400. The molecule has 0 spiro atoms. The summed E-state index contributed by atoms with van der Waals surface area (Å²) >= 11 is 3.42. The Balaban J connectivity index is 2.04. The molecule has 3 heteroatoms. The van der Waals surface area contributed by atoms with E-state index in [1.165, 1.54) is 12.8 Å². The summed E-state index contributed by atoms with van der Waals surface area (Å²) in [7, 11) is 0. The van der Waals surface area contributed by atoms with Crippen LogP contribution in [0.5, 0.6) is 0 Å². The maximum atomic E-state index is 11.8. The average Bonchev–Trinajstić information content (AvgIpc) is 2.39. The molecule has 0 amide bonds. The van der Waals surface area contributed by atoms with Crippen LogP contribution in [0.15, 0.2) is 39.5 Å². The molecular formula is C15H17BrO2. The van der Waals surface area contributed by atoms with Gasteiger partial charge in [-0.25, -0.2) is 4.79 Å². The fourth-order valence-corrected chi connectivity index (χ4v) is 2.44. The Kier molecular flexibility index (Phi) is 5.00. The highest BCUT2D eigenvalue weighted by atomic mass is 79.9. The molecule has 0 N–H and O–H groups in total. The third kappa shape index (κ3) is 3.45. The minimum absolute atomic E-state index is 0.186. The lowest BCUT2D eigenvalue weighted by Gasteiger charge is -2.02. The molecule has 2 nitrogen and oxygen atoms in total. The van der Waals surface area contributed by atoms with Crippen molar-refractivity contribution in [3.05, 3.63) is 46.3 Å². The molecule has 0 fully saturated rings. The van der Waals surface area contributed by atoms with Crippen LogP contribution in [0.25, 0.3) is 11.0 Å². The van der Waals surface area contributed by atoms with Crippen LogP contribution in [-0.2, 0) is 6.42 Å². The Morgan fingerprint density at radius 2 is 1.83 bits per heavy atom. The van der Waals surface area contributed by atoms with E-state index in [0.29, 0.717) is 5.58 Å². The van der Waals surface area contributed by atoms with Crippen molar-refractivity contribution < 1.29 is 4.42 Å². The van der Waals surface area contributed by atoms with Crippen LogP contribution in [0.2, 0.25) is 0 Å². The number of alkyl halides is 1. The molecule has 0 aliphatic rings. The van der Waals surface area contributed by atoms with Crippen LogP contribution in [0.1, 0.15) is 31.2 Å². The van der Waals surface area contributed by atoms with Crippen LogP contribution >= 0.6 is 15.9 Å². The van der Waals surface area contributed by atoms with Crippen molar-refractivity contribution in [2.75, 3.05) is 5.33 Å². The third-order valence-corrected chi connectivity index (χ3v) is 3.60. The van der Waals surface area contributed by atoms with Gasteiger partial charge in [-0.05, 0) is 31.4 Å². The number of para-hydroxylation sites is 1. The molecule has 1 aromatic carbocycles. The Morgan fingerprint density at radius 3 is 2.67 bits per heavy atom. The molecule has 0 saturated carbocycles. The van der Waals surface area contributed by atoms with E-state index < -0.39 is 0 Å². The molecule has 1 aromatic heterocycles. The number of fused-ring (bicyclic) bond motifs is 1. The van der Waals surface area contributed by atoms with Gasteiger partial charge in [0.1, 0.15) is 5.58 Å². The lowest BCUT2D eigenvalue weighted by molar-refractivity contribution is 0.545. The van der Waals surface area contributed by atoms with Crippen LogP contribution in [-0.4, -0.2) is 5.33 Å². The van der Waals surface area contributed by atoms with E-state index in [-0.39, 0.29) is 5.63 Å². The summed E-state index contributed by atoms with van der Waals surface area (Å²) in [5.41, 5.74) is 1.28. The maximum Gasteiger partial charge on any atom is 0.339 e. The quantitative estimate of drug-likeness (QED) is 0.453. The molecule has 0 aliphatic carbocycles. The fourth-order valence-electron chi connectivity index (χ4n) is 2.04. The molecular weight excluding hydrogens is 292 g/mol. The number of hydrogen-bond acceptors (Lipinski definition) is 2. The van der Waals surface area contributed by atoms with Gasteiger partial charge >= 0.3 is 5.63 Å². The van der Waals surface area contributed by atoms with Gasteiger partial charge < -0.3 is 4.42 Å². The number of rotatable bonds is 6. The van der Waals surface area contributed by atoms with Gasteiger partial charge in [-0.3, -0.25) is 0 Å². The molecule has 0 radical (unpaired) electrons. The molecule has 0 aliphatic heterocycles. The van der Waals surface area contributed by atoms with Gasteiger partial charge in [0.05, 0.1) is 0 Å². The van der Waals surface area contributed by atoms with Gasteiger partial charge in [0.25, 0.3) is 0 Å². The first-order valence-electron chi connectivity index (χ1n) is 6.39. The van der Waals surface area contributed by atoms with Crippen LogP contribution < -0.4 is 5.63 Å². The predicted octanol–water partition coefficient (Wildman–Crippen LogP) is 4.29. The van der Waals surface area contributed by atoms with Crippen molar-refractivity contribution in [3.63, 3.8) is 0 Å². The van der Waals surface area contributed by atoms with E-state index in [4.69, 9.17) is 4.42 Å². The number of unbranched alkanes of at least 4 members (excludes halogenated alkanes) is 3. The van der Waals surface area contributed by atoms with Gasteiger partial charge in [-0.2, -0.15) is 0 Å². The second-order valence-electron chi connectivity index (χ2n) is 4.45. The summed E-state index contributed by atoms with van der Waals surface area (Å²) in [6, 6.07) is 9.61. The summed E-state index contributed by atoms with van der Waals surface area (Å²) in [6.45, 7) is 0. The highest BCUT2D eigenvalue weighted by Crippen LogP contribution is 2.14. The van der Waals surface area contributed by atoms with Crippen molar-refractivity contribution in [1.82, 2.24) is 0 Å². The number of hydrogen-bond donors (Lipinski definition) is 0. The number of halogens is 1. The van der Waals surface area contributed by atoms with E-state index >= 15 is 0 Å². The van der Waals surface area contributed by atoms with Gasteiger partial charge in [0.2, 0.25) is 0 Å². The highest BCUT2D eigenvalue weighted by Gasteiger charge is 2.04. The summed E-state index contributed by atoms with van der Waals surface area (Å²) in [5, 5.41) is 2.07. The molecule has 2 rings (SSSR count). The van der Waals surface area contributed by atoms with Crippen LogP contribution in [0, 0.1) is 0 Å². The molecule has 18 heavy (non-hydrogen) atoms. The second kappa shape index (κ2) is 6.74. The Labute approximate surface area is 115 Å². The van der Waals surface area contributed by atoms with Gasteiger partial charge in [0.15, 0.2) is 0 Å². The second-order valence-corrected chi connectivity index (χ2v) is 5.24. The SMILES string of the molecule is O=c1oc2ccccc2cc1CCCCCCBr. The maximum absolute atomic E-state index is 11.8. The summed E-state index contributed by atoms with van der Waals surface area (Å²) in [4.78, 5) is 11.8. The largest absolute Gasteiger partial charge is 0.423 e. The summed E-state index contributed by atoms with van der Waals surface area (Å²) in [6.07, 6.45) is 5.44. The van der Waals surface area contributed by atoms with Gasteiger partial charge in [0, 0.05) is 16.3 Å². The first-order chi connectivity index (χ1) is 8.81. The first kappa shape index (κ1) is 13.3. The van der Waals surface area contributed by atoms with Gasteiger partial charge in [-0.1, -0.05) is 47.0 Å². The molecule has 1 heterocycles. The Bertz CT molecular complexity index is 560. The third-order valence-electron chi connectivity index (χ3n) is 3.04. The van der Waals surface area contributed by atoms with E-state index in [2.05, 4.69) is 15.9 Å². The smallest absolute Gasteiger partial charge is 0.339 e. The average molecular weight is 309 g/mol. The summed E-state index contributed by atoms with van der Waals surface area (Å²) in [5.74, 6) is 0. The molecule has 0 atom stereocenters. The van der Waals surface area contributed by atoms with E-state index in [1.807, 2.05) is 30.3 Å². The first-order valence-corrected chi connectivity index (χ1v) is 7.51. The predicted molar refractivity (Wildman–Crippen MR) is 78.5 cm³/mol. The molecule has 0 unspecified atom stereocenters. The topological polar surface area (TPSA) is 30.2 Å². The molecule has 96 valence electrons. The van der Waals surface area contributed by atoms with Crippen LogP contribution in [0.3, 0.4) is 0 Å². The van der Waals surface area contributed by atoms with Crippen molar-refractivity contribution in [1.29, 1.82) is 0 Å². The zero-order valence-corrected chi connectivity index (χ0v) is 11.9. The molecule has 0 saturated heterocycles. The molecule has 2 aromatic rings. The lowest BCUT2D eigenvalue weighted by atomic mass is 10.1. The number of benzene rings is 1. The van der Waals surface area contributed by atoms with Crippen molar-refractivity contribution in [3.8, 4) is 0 Å².